The molecule has 0 aliphatic heterocycles. The summed E-state index contributed by atoms with van der Waals surface area (Å²) in [5.41, 5.74) is 4.61. The lowest BCUT2D eigenvalue weighted by atomic mass is 10.1. The number of aromatic nitrogens is 1. The number of halogens is 1. The summed E-state index contributed by atoms with van der Waals surface area (Å²) < 4.78 is 16.2. The summed E-state index contributed by atoms with van der Waals surface area (Å²) in [7, 11) is 0. The van der Waals surface area contributed by atoms with Gasteiger partial charge in [-0.15, -0.1) is 0 Å². The van der Waals surface area contributed by atoms with Gasteiger partial charge in [0.05, 0.1) is 5.69 Å². The fourth-order valence-corrected chi connectivity index (χ4v) is 3.72. The van der Waals surface area contributed by atoms with E-state index in [-0.39, 0.29) is 5.82 Å². The number of rotatable bonds is 3. The summed E-state index contributed by atoms with van der Waals surface area (Å²) in [6, 6.07) is 19.5. The largest absolute Gasteiger partial charge is 0.341 e. The third-order valence-corrected chi connectivity index (χ3v) is 4.92. The average molecular weight is 377 g/mol. The first-order valence-corrected chi connectivity index (χ1v) is 9.33. The van der Waals surface area contributed by atoms with Crippen LogP contribution >= 0.6 is 12.2 Å². The van der Waals surface area contributed by atoms with Crippen molar-refractivity contribution in [1.82, 2.24) is 4.57 Å². The number of thiocarbonyl (C=S) groups is 1. The van der Waals surface area contributed by atoms with Gasteiger partial charge in [0.15, 0.2) is 5.11 Å². The van der Waals surface area contributed by atoms with Gasteiger partial charge in [-0.3, -0.25) is 0 Å². The van der Waals surface area contributed by atoms with E-state index in [4.69, 9.17) is 12.2 Å². The highest BCUT2D eigenvalue weighted by molar-refractivity contribution is 7.80. The van der Waals surface area contributed by atoms with Crippen molar-refractivity contribution in [2.75, 3.05) is 10.6 Å². The minimum absolute atomic E-state index is 0.328. The third-order valence-electron chi connectivity index (χ3n) is 4.72. The fourth-order valence-electron chi connectivity index (χ4n) is 3.49. The molecule has 27 heavy (non-hydrogen) atoms. The Hall–Kier alpha value is -2.92. The molecule has 136 valence electrons. The van der Waals surface area contributed by atoms with Crippen molar-refractivity contribution in [1.29, 1.82) is 0 Å². The van der Waals surface area contributed by atoms with Crippen LogP contribution in [0.2, 0.25) is 0 Å². The second-order valence-electron chi connectivity index (χ2n) is 6.56. The van der Waals surface area contributed by atoms with Crippen LogP contribution in [-0.2, 0) is 6.54 Å². The Labute approximate surface area is 162 Å². The number of benzene rings is 3. The zero-order valence-electron chi connectivity index (χ0n) is 15.2. The number of para-hydroxylation sites is 1. The molecule has 0 atom stereocenters. The molecule has 4 rings (SSSR count). The number of anilines is 2. The van der Waals surface area contributed by atoms with Gasteiger partial charge in [-0.2, -0.15) is 0 Å². The second-order valence-corrected chi connectivity index (χ2v) is 6.96. The van der Waals surface area contributed by atoms with Gasteiger partial charge in [0.2, 0.25) is 0 Å². The zero-order chi connectivity index (χ0) is 19.0. The Morgan fingerprint density at radius 3 is 2.56 bits per heavy atom. The summed E-state index contributed by atoms with van der Waals surface area (Å²) in [4.78, 5) is 0. The maximum absolute atomic E-state index is 13.9. The van der Waals surface area contributed by atoms with Crippen LogP contribution in [0.25, 0.3) is 21.8 Å². The average Bonchev–Trinajstić information content (AvgIpc) is 2.98. The van der Waals surface area contributed by atoms with Crippen molar-refractivity contribution >= 4 is 50.5 Å². The monoisotopic (exact) mass is 377 g/mol. The van der Waals surface area contributed by atoms with Gasteiger partial charge in [0.25, 0.3) is 0 Å². The first-order chi connectivity index (χ1) is 13.1. The zero-order valence-corrected chi connectivity index (χ0v) is 16.0. The summed E-state index contributed by atoms with van der Waals surface area (Å²) >= 11 is 5.37. The molecule has 0 spiro atoms. The van der Waals surface area contributed by atoms with E-state index in [0.29, 0.717) is 10.8 Å². The molecule has 0 saturated heterocycles. The van der Waals surface area contributed by atoms with E-state index in [2.05, 4.69) is 58.5 Å². The molecule has 5 heteroatoms. The molecule has 0 radical (unpaired) electrons. The van der Waals surface area contributed by atoms with Crippen molar-refractivity contribution in [3.63, 3.8) is 0 Å². The number of hydrogen-bond acceptors (Lipinski definition) is 1. The van der Waals surface area contributed by atoms with Crippen LogP contribution in [0.3, 0.4) is 0 Å². The van der Waals surface area contributed by atoms with E-state index in [0.717, 1.165) is 17.8 Å². The van der Waals surface area contributed by atoms with Gasteiger partial charge in [-0.1, -0.05) is 24.3 Å². The van der Waals surface area contributed by atoms with E-state index in [1.165, 1.54) is 27.9 Å². The molecule has 1 aromatic heterocycles. The second kappa shape index (κ2) is 7.00. The first-order valence-electron chi connectivity index (χ1n) is 8.92. The van der Waals surface area contributed by atoms with Crippen molar-refractivity contribution in [2.24, 2.45) is 0 Å². The van der Waals surface area contributed by atoms with E-state index in [1.54, 1.807) is 12.1 Å². The number of nitrogens with one attached hydrogen (secondary N) is 2. The molecule has 4 aromatic rings. The van der Waals surface area contributed by atoms with Crippen LogP contribution in [0.4, 0.5) is 15.8 Å². The smallest absolute Gasteiger partial charge is 0.175 e. The van der Waals surface area contributed by atoms with Crippen LogP contribution in [0, 0.1) is 12.7 Å². The van der Waals surface area contributed by atoms with E-state index < -0.39 is 0 Å². The quantitative estimate of drug-likeness (QED) is 0.425. The van der Waals surface area contributed by atoms with Crippen molar-refractivity contribution in [2.45, 2.75) is 20.4 Å². The Morgan fingerprint density at radius 2 is 1.74 bits per heavy atom. The summed E-state index contributed by atoms with van der Waals surface area (Å²) in [6.07, 6.45) is 0. The highest BCUT2D eigenvalue weighted by atomic mass is 32.1. The Kier molecular flexibility index (Phi) is 4.54. The molecule has 0 unspecified atom stereocenters. The number of hydrogen-bond donors (Lipinski definition) is 2. The van der Waals surface area contributed by atoms with Crippen LogP contribution in [-0.4, -0.2) is 9.68 Å². The van der Waals surface area contributed by atoms with Crippen LogP contribution in [0.15, 0.2) is 60.7 Å². The van der Waals surface area contributed by atoms with Crippen molar-refractivity contribution in [3.8, 4) is 0 Å². The molecular weight excluding hydrogens is 357 g/mol. The molecule has 0 aliphatic rings. The molecular formula is C22H20FN3S. The van der Waals surface area contributed by atoms with Gasteiger partial charge in [0, 0.05) is 34.0 Å². The van der Waals surface area contributed by atoms with E-state index in [9.17, 15) is 4.39 Å². The normalized spacial score (nSPS) is 11.1. The highest BCUT2D eigenvalue weighted by Crippen LogP contribution is 2.31. The molecule has 0 fully saturated rings. The van der Waals surface area contributed by atoms with Crippen LogP contribution in [0.1, 0.15) is 12.5 Å². The number of nitrogens with zero attached hydrogens (tertiary/aromatic N) is 1. The summed E-state index contributed by atoms with van der Waals surface area (Å²) in [6.45, 7) is 4.97. The Morgan fingerprint density at radius 1 is 0.963 bits per heavy atom. The lowest BCUT2D eigenvalue weighted by Gasteiger charge is -2.12. The molecule has 0 aliphatic carbocycles. The van der Waals surface area contributed by atoms with Gasteiger partial charge in [-0.25, -0.2) is 4.39 Å². The molecule has 0 saturated carbocycles. The van der Waals surface area contributed by atoms with Gasteiger partial charge >= 0.3 is 0 Å². The molecule has 1 heterocycles. The molecule has 0 bridgehead atoms. The first kappa shape index (κ1) is 17.5. The molecule has 3 aromatic carbocycles. The number of aryl methyl sites for hydroxylation is 2. The topological polar surface area (TPSA) is 29.0 Å². The van der Waals surface area contributed by atoms with Gasteiger partial charge in [-0.05, 0) is 68.0 Å². The number of fused-ring (bicyclic) bond motifs is 3. The fraction of sp³-hybridized carbons (Fsp3) is 0.136. The van der Waals surface area contributed by atoms with E-state index in [1.807, 2.05) is 13.0 Å². The van der Waals surface area contributed by atoms with Crippen molar-refractivity contribution in [3.05, 3.63) is 72.0 Å². The van der Waals surface area contributed by atoms with Crippen LogP contribution < -0.4 is 10.6 Å². The lowest BCUT2D eigenvalue weighted by molar-refractivity contribution is 0.632. The van der Waals surface area contributed by atoms with Gasteiger partial charge in [0.1, 0.15) is 5.82 Å². The predicted octanol–water partition coefficient (Wildman–Crippen LogP) is 6.07. The minimum Gasteiger partial charge on any atom is -0.341 e. The maximum atomic E-state index is 13.9. The molecule has 3 nitrogen and oxygen atoms in total. The SMILES string of the molecule is CCn1c2ccccc2c2cc(NC(=S)Nc3cc(C)ccc3F)ccc21. The van der Waals surface area contributed by atoms with Gasteiger partial charge < -0.3 is 15.2 Å². The highest BCUT2D eigenvalue weighted by Gasteiger charge is 2.10. The molecule has 0 amide bonds. The maximum Gasteiger partial charge on any atom is 0.175 e. The predicted molar refractivity (Wildman–Crippen MR) is 116 cm³/mol. The molecule has 2 N–H and O–H groups in total. The summed E-state index contributed by atoms with van der Waals surface area (Å²) in [5, 5.41) is 8.84. The lowest BCUT2D eigenvalue weighted by Crippen LogP contribution is -2.19. The third kappa shape index (κ3) is 3.26. The Balaban J connectivity index is 1.65. The standard InChI is InChI=1S/C22H20FN3S/c1-3-26-20-7-5-4-6-16(20)17-13-15(9-11-21(17)26)24-22(27)25-19-12-14(2)8-10-18(19)23/h4-13H,3H2,1-2H3,(H2,24,25,27). The van der Waals surface area contributed by atoms with Crippen molar-refractivity contribution < 1.29 is 4.39 Å². The Bertz CT molecular complexity index is 1160. The summed E-state index contributed by atoms with van der Waals surface area (Å²) in [5.74, 6) is -0.328. The minimum atomic E-state index is -0.328. The van der Waals surface area contributed by atoms with Crippen LogP contribution in [0.5, 0.6) is 0 Å². The van der Waals surface area contributed by atoms with E-state index >= 15 is 0 Å².